The van der Waals surface area contributed by atoms with Crippen molar-refractivity contribution in [2.45, 2.75) is 51.5 Å². The van der Waals surface area contributed by atoms with Crippen molar-refractivity contribution in [2.75, 3.05) is 0 Å². The molecule has 0 spiro atoms. The van der Waals surface area contributed by atoms with Crippen LogP contribution in [0.4, 0.5) is 4.39 Å². The highest BCUT2D eigenvalue weighted by molar-refractivity contribution is 9.10. The Hall–Kier alpha value is -0.610. The van der Waals surface area contributed by atoms with Crippen molar-refractivity contribution in [3.05, 3.63) is 28.2 Å². The minimum Gasteiger partial charge on any atom is -0.324 e. The number of fused-ring (bicyclic) bond motifs is 1. The number of halogens is 3. The molecule has 0 fully saturated rings. The first-order valence-corrected chi connectivity index (χ1v) is 8.19. The zero-order chi connectivity index (χ0) is 14.9. The van der Waals surface area contributed by atoms with Crippen molar-refractivity contribution in [1.29, 1.82) is 0 Å². The molecule has 20 heavy (non-hydrogen) atoms. The van der Waals surface area contributed by atoms with E-state index in [0.717, 1.165) is 36.1 Å². The Kier molecular flexibility index (Phi) is 5.08. The number of benzene rings is 1. The normalized spacial score (nSPS) is 14.7. The molecule has 5 heteroatoms. The average molecular weight is 362 g/mol. The monoisotopic (exact) mass is 360 g/mol. The topological polar surface area (TPSA) is 17.8 Å². The summed E-state index contributed by atoms with van der Waals surface area (Å²) in [5.41, 5.74) is 1.60. The summed E-state index contributed by atoms with van der Waals surface area (Å²) >= 11 is 9.46. The molecule has 2 atom stereocenters. The third kappa shape index (κ3) is 3.01. The quantitative estimate of drug-likeness (QED) is 0.598. The Balaban J connectivity index is 2.58. The van der Waals surface area contributed by atoms with E-state index in [1.807, 2.05) is 6.92 Å². The number of rotatable bonds is 5. The molecule has 1 aromatic heterocycles. The van der Waals surface area contributed by atoms with Gasteiger partial charge in [0.05, 0.1) is 20.9 Å². The van der Waals surface area contributed by atoms with E-state index < -0.39 is 0 Å². The summed E-state index contributed by atoms with van der Waals surface area (Å²) in [7, 11) is 0. The van der Waals surface area contributed by atoms with E-state index in [1.165, 1.54) is 6.07 Å². The predicted octanol–water partition coefficient (Wildman–Crippen LogP) is 5.99. The van der Waals surface area contributed by atoms with Gasteiger partial charge in [-0.2, -0.15) is 0 Å². The summed E-state index contributed by atoms with van der Waals surface area (Å²) in [5.74, 6) is 0.540. The van der Waals surface area contributed by atoms with Crippen LogP contribution in [-0.4, -0.2) is 9.55 Å². The van der Waals surface area contributed by atoms with E-state index in [0.29, 0.717) is 4.47 Å². The van der Waals surface area contributed by atoms with Crippen LogP contribution in [0.25, 0.3) is 11.0 Å². The van der Waals surface area contributed by atoms with Gasteiger partial charge in [-0.3, -0.25) is 0 Å². The van der Waals surface area contributed by atoms with E-state index in [4.69, 9.17) is 11.6 Å². The van der Waals surface area contributed by atoms with Crippen LogP contribution in [-0.2, 0) is 0 Å². The van der Waals surface area contributed by atoms with Crippen molar-refractivity contribution >= 4 is 38.6 Å². The summed E-state index contributed by atoms with van der Waals surface area (Å²) in [6, 6.07) is 3.52. The maximum Gasteiger partial charge on any atom is 0.139 e. The third-order valence-corrected chi connectivity index (χ3v) is 4.33. The summed E-state index contributed by atoms with van der Waals surface area (Å²) in [5, 5.41) is -0.201. The van der Waals surface area contributed by atoms with Gasteiger partial charge < -0.3 is 4.57 Å². The van der Waals surface area contributed by atoms with Crippen LogP contribution < -0.4 is 0 Å². The Morgan fingerprint density at radius 1 is 1.40 bits per heavy atom. The molecule has 2 unspecified atom stereocenters. The van der Waals surface area contributed by atoms with Crippen molar-refractivity contribution in [1.82, 2.24) is 9.55 Å². The van der Waals surface area contributed by atoms with E-state index in [2.05, 4.69) is 39.3 Å². The van der Waals surface area contributed by atoms with Gasteiger partial charge in [0, 0.05) is 12.1 Å². The number of hydrogen-bond acceptors (Lipinski definition) is 1. The van der Waals surface area contributed by atoms with Crippen LogP contribution in [0.5, 0.6) is 0 Å². The molecule has 0 saturated heterocycles. The molecule has 1 aromatic carbocycles. The Bertz CT molecular complexity index is 609. The highest BCUT2D eigenvalue weighted by atomic mass is 79.9. The summed E-state index contributed by atoms with van der Waals surface area (Å²) < 4.78 is 16.3. The molecule has 0 radical (unpaired) electrons. The van der Waals surface area contributed by atoms with Gasteiger partial charge >= 0.3 is 0 Å². The fourth-order valence-electron chi connectivity index (χ4n) is 2.48. The zero-order valence-corrected chi connectivity index (χ0v) is 14.3. The minimum absolute atomic E-state index is 0.201. The average Bonchev–Trinajstić information content (AvgIpc) is 2.75. The number of nitrogens with zero attached hydrogens (tertiary/aromatic N) is 2. The molecule has 0 amide bonds. The lowest BCUT2D eigenvalue weighted by molar-refractivity contribution is 0.479. The van der Waals surface area contributed by atoms with Crippen LogP contribution in [0.1, 0.15) is 57.3 Å². The fraction of sp³-hybridized carbons (Fsp3) is 0.533. The van der Waals surface area contributed by atoms with Crippen LogP contribution >= 0.6 is 27.5 Å². The molecule has 1 heterocycles. The second kappa shape index (κ2) is 6.44. The first-order chi connectivity index (χ1) is 9.45. The second-order valence-electron chi connectivity index (χ2n) is 5.20. The Morgan fingerprint density at radius 2 is 2.10 bits per heavy atom. The molecule has 0 saturated carbocycles. The van der Waals surface area contributed by atoms with Gasteiger partial charge in [0.25, 0.3) is 0 Å². The predicted molar refractivity (Wildman–Crippen MR) is 85.9 cm³/mol. The van der Waals surface area contributed by atoms with Gasteiger partial charge in [-0.15, -0.1) is 11.6 Å². The van der Waals surface area contributed by atoms with Crippen molar-refractivity contribution in [3.63, 3.8) is 0 Å². The van der Waals surface area contributed by atoms with Crippen LogP contribution in [0, 0.1) is 5.82 Å². The number of imidazole rings is 1. The highest BCUT2D eigenvalue weighted by Gasteiger charge is 2.20. The Labute approximate surface area is 132 Å². The molecule has 2 rings (SSSR count). The lowest BCUT2D eigenvalue weighted by Gasteiger charge is -2.18. The number of alkyl halides is 1. The molecular weight excluding hydrogens is 343 g/mol. The van der Waals surface area contributed by atoms with E-state index in [1.54, 1.807) is 6.07 Å². The maximum atomic E-state index is 13.8. The summed E-state index contributed by atoms with van der Waals surface area (Å²) in [4.78, 5) is 4.58. The van der Waals surface area contributed by atoms with Gasteiger partial charge in [0.15, 0.2) is 0 Å². The van der Waals surface area contributed by atoms with Gasteiger partial charge in [-0.1, -0.05) is 19.8 Å². The van der Waals surface area contributed by atoms with Crippen LogP contribution in [0.3, 0.4) is 0 Å². The fourth-order valence-corrected chi connectivity index (χ4v) is 2.97. The maximum absolute atomic E-state index is 13.8. The first kappa shape index (κ1) is 15.8. The lowest BCUT2D eigenvalue weighted by Crippen LogP contribution is -2.10. The first-order valence-electron chi connectivity index (χ1n) is 6.96. The molecule has 0 N–H and O–H groups in total. The standard InChI is InChI=1S/C15H19BrClFN2/c1-4-5-6-9(2)20-14-8-12(18)11(16)7-13(14)19-15(20)10(3)17/h7-10H,4-6H2,1-3H3. The number of unbranched alkanes of at least 4 members (excludes halogenated alkanes) is 1. The van der Waals surface area contributed by atoms with Gasteiger partial charge in [0.1, 0.15) is 11.6 Å². The molecule has 2 aromatic rings. The molecule has 0 bridgehead atoms. The van der Waals surface area contributed by atoms with Gasteiger partial charge in [-0.25, -0.2) is 9.37 Å². The Morgan fingerprint density at radius 3 is 2.70 bits per heavy atom. The van der Waals surface area contributed by atoms with E-state index in [-0.39, 0.29) is 17.2 Å². The zero-order valence-electron chi connectivity index (χ0n) is 12.0. The summed E-state index contributed by atoms with van der Waals surface area (Å²) in [6.07, 6.45) is 3.31. The molecule has 0 aliphatic carbocycles. The summed E-state index contributed by atoms with van der Waals surface area (Å²) in [6.45, 7) is 6.21. The minimum atomic E-state index is -0.268. The van der Waals surface area contributed by atoms with Crippen LogP contribution in [0.2, 0.25) is 0 Å². The highest BCUT2D eigenvalue weighted by Crippen LogP contribution is 2.32. The van der Waals surface area contributed by atoms with E-state index in [9.17, 15) is 4.39 Å². The van der Waals surface area contributed by atoms with Gasteiger partial charge in [-0.05, 0) is 42.3 Å². The number of aromatic nitrogens is 2. The van der Waals surface area contributed by atoms with Crippen molar-refractivity contribution < 1.29 is 4.39 Å². The van der Waals surface area contributed by atoms with Crippen LogP contribution in [0.15, 0.2) is 16.6 Å². The molecule has 110 valence electrons. The molecule has 0 aliphatic heterocycles. The van der Waals surface area contributed by atoms with Gasteiger partial charge in [0.2, 0.25) is 0 Å². The lowest BCUT2D eigenvalue weighted by atomic mass is 10.1. The van der Waals surface area contributed by atoms with Crippen molar-refractivity contribution in [2.24, 2.45) is 0 Å². The second-order valence-corrected chi connectivity index (χ2v) is 6.71. The molecule has 2 nitrogen and oxygen atoms in total. The van der Waals surface area contributed by atoms with E-state index >= 15 is 0 Å². The smallest absolute Gasteiger partial charge is 0.139 e. The molecular formula is C15H19BrClFN2. The number of hydrogen-bond donors (Lipinski definition) is 0. The third-order valence-electron chi connectivity index (χ3n) is 3.53. The largest absolute Gasteiger partial charge is 0.324 e. The SMILES string of the molecule is CCCCC(C)n1c(C(C)Cl)nc2cc(Br)c(F)cc21. The molecule has 0 aliphatic rings. The van der Waals surface area contributed by atoms with Crippen molar-refractivity contribution in [3.8, 4) is 0 Å².